The lowest BCUT2D eigenvalue weighted by molar-refractivity contribution is -0.120. The van der Waals surface area contributed by atoms with Crippen molar-refractivity contribution in [3.63, 3.8) is 0 Å². The number of carbonyl (C=O) groups is 1. The summed E-state index contributed by atoms with van der Waals surface area (Å²) in [7, 11) is 0. The maximum Gasteiger partial charge on any atom is 0.229 e. The Morgan fingerprint density at radius 3 is 2.95 bits per heavy atom. The molecule has 2 atom stereocenters. The second kappa shape index (κ2) is 6.57. The van der Waals surface area contributed by atoms with Crippen LogP contribution in [0, 0.1) is 5.92 Å². The SMILES string of the molecule is CCCOc1ccccc1NC(=O)C1CCNC1C. The molecule has 0 radical (unpaired) electrons. The molecule has 1 heterocycles. The average molecular weight is 262 g/mol. The van der Waals surface area contributed by atoms with E-state index in [2.05, 4.69) is 24.5 Å². The molecule has 0 saturated carbocycles. The summed E-state index contributed by atoms with van der Waals surface area (Å²) < 4.78 is 5.65. The number of anilines is 1. The Morgan fingerprint density at radius 2 is 2.26 bits per heavy atom. The lowest BCUT2D eigenvalue weighted by atomic mass is 10.0. The van der Waals surface area contributed by atoms with Gasteiger partial charge < -0.3 is 15.4 Å². The predicted molar refractivity (Wildman–Crippen MR) is 76.4 cm³/mol. The number of rotatable bonds is 5. The summed E-state index contributed by atoms with van der Waals surface area (Å²) >= 11 is 0. The summed E-state index contributed by atoms with van der Waals surface area (Å²) in [4.78, 5) is 12.2. The van der Waals surface area contributed by atoms with Crippen LogP contribution in [0.2, 0.25) is 0 Å². The normalized spacial score (nSPS) is 22.2. The van der Waals surface area contributed by atoms with Gasteiger partial charge in [0.15, 0.2) is 0 Å². The van der Waals surface area contributed by atoms with Gasteiger partial charge in [0.25, 0.3) is 0 Å². The number of hydrogen-bond acceptors (Lipinski definition) is 3. The molecule has 2 rings (SSSR count). The van der Waals surface area contributed by atoms with Crippen LogP contribution in [0.4, 0.5) is 5.69 Å². The Hall–Kier alpha value is -1.55. The lowest BCUT2D eigenvalue weighted by Crippen LogP contribution is -2.32. The summed E-state index contributed by atoms with van der Waals surface area (Å²) in [5, 5.41) is 6.28. The number of amides is 1. The molecule has 1 amide bonds. The highest BCUT2D eigenvalue weighted by Crippen LogP contribution is 2.26. The molecule has 104 valence electrons. The topological polar surface area (TPSA) is 50.4 Å². The molecule has 2 N–H and O–H groups in total. The van der Waals surface area contributed by atoms with Crippen molar-refractivity contribution in [1.29, 1.82) is 0 Å². The number of ether oxygens (including phenoxy) is 1. The van der Waals surface area contributed by atoms with E-state index in [0.717, 1.165) is 30.8 Å². The number of hydrogen-bond donors (Lipinski definition) is 2. The molecule has 0 bridgehead atoms. The number of benzene rings is 1. The van der Waals surface area contributed by atoms with Gasteiger partial charge in [0.2, 0.25) is 5.91 Å². The van der Waals surface area contributed by atoms with Gasteiger partial charge in [-0.3, -0.25) is 4.79 Å². The first-order valence-electron chi connectivity index (χ1n) is 6.98. The van der Waals surface area contributed by atoms with Gasteiger partial charge in [-0.05, 0) is 38.4 Å². The third-order valence-electron chi connectivity index (χ3n) is 3.47. The van der Waals surface area contributed by atoms with Crippen LogP contribution in [0.5, 0.6) is 5.75 Å². The fraction of sp³-hybridized carbons (Fsp3) is 0.533. The van der Waals surface area contributed by atoms with Gasteiger partial charge in [-0.25, -0.2) is 0 Å². The second-order valence-corrected chi connectivity index (χ2v) is 4.97. The highest BCUT2D eigenvalue weighted by molar-refractivity contribution is 5.94. The van der Waals surface area contributed by atoms with Gasteiger partial charge in [0.05, 0.1) is 18.2 Å². The van der Waals surface area contributed by atoms with E-state index in [1.165, 1.54) is 0 Å². The molecule has 0 spiro atoms. The number of nitrogens with one attached hydrogen (secondary N) is 2. The van der Waals surface area contributed by atoms with E-state index < -0.39 is 0 Å². The van der Waals surface area contributed by atoms with Crippen LogP contribution < -0.4 is 15.4 Å². The van der Waals surface area contributed by atoms with E-state index >= 15 is 0 Å². The van der Waals surface area contributed by atoms with Crippen molar-refractivity contribution in [2.24, 2.45) is 5.92 Å². The van der Waals surface area contributed by atoms with Gasteiger partial charge in [-0.15, -0.1) is 0 Å². The highest BCUT2D eigenvalue weighted by Gasteiger charge is 2.29. The smallest absolute Gasteiger partial charge is 0.229 e. The molecule has 2 unspecified atom stereocenters. The van der Waals surface area contributed by atoms with E-state index in [4.69, 9.17) is 4.74 Å². The molecule has 0 aromatic heterocycles. The molecule has 1 aromatic carbocycles. The average Bonchev–Trinajstić information content (AvgIpc) is 2.84. The summed E-state index contributed by atoms with van der Waals surface area (Å²) in [5.41, 5.74) is 0.764. The Labute approximate surface area is 114 Å². The third kappa shape index (κ3) is 3.47. The van der Waals surface area contributed by atoms with E-state index in [-0.39, 0.29) is 17.9 Å². The quantitative estimate of drug-likeness (QED) is 0.856. The van der Waals surface area contributed by atoms with E-state index in [0.29, 0.717) is 6.61 Å². The zero-order valence-electron chi connectivity index (χ0n) is 11.6. The van der Waals surface area contributed by atoms with Crippen LogP contribution in [-0.2, 0) is 4.79 Å². The zero-order chi connectivity index (χ0) is 13.7. The molecule has 1 fully saturated rings. The van der Waals surface area contributed by atoms with Crippen molar-refractivity contribution in [3.05, 3.63) is 24.3 Å². The number of carbonyl (C=O) groups excluding carboxylic acids is 1. The van der Waals surface area contributed by atoms with Crippen LogP contribution in [0.1, 0.15) is 26.7 Å². The Morgan fingerprint density at radius 1 is 1.47 bits per heavy atom. The van der Waals surface area contributed by atoms with Crippen molar-refractivity contribution in [2.75, 3.05) is 18.5 Å². The molecule has 0 aliphatic carbocycles. The highest BCUT2D eigenvalue weighted by atomic mass is 16.5. The molecule has 1 aliphatic heterocycles. The standard InChI is InChI=1S/C15H22N2O2/c1-3-10-19-14-7-5-4-6-13(14)17-15(18)12-8-9-16-11(12)2/h4-7,11-12,16H,3,8-10H2,1-2H3,(H,17,18). The minimum atomic E-state index is 0.0410. The first-order valence-corrected chi connectivity index (χ1v) is 6.98. The van der Waals surface area contributed by atoms with E-state index in [1.807, 2.05) is 24.3 Å². The van der Waals surface area contributed by atoms with Crippen LogP contribution in [0.3, 0.4) is 0 Å². The fourth-order valence-electron chi connectivity index (χ4n) is 2.35. The number of para-hydroxylation sites is 2. The molecule has 1 saturated heterocycles. The van der Waals surface area contributed by atoms with Crippen LogP contribution in [0.15, 0.2) is 24.3 Å². The van der Waals surface area contributed by atoms with Crippen molar-refractivity contribution < 1.29 is 9.53 Å². The monoisotopic (exact) mass is 262 g/mol. The maximum absolute atomic E-state index is 12.2. The summed E-state index contributed by atoms with van der Waals surface area (Å²) in [6, 6.07) is 7.84. The Kier molecular flexibility index (Phi) is 4.80. The van der Waals surface area contributed by atoms with Crippen LogP contribution >= 0.6 is 0 Å². The first kappa shape index (κ1) is 13.9. The van der Waals surface area contributed by atoms with Crippen molar-refractivity contribution in [2.45, 2.75) is 32.7 Å². The van der Waals surface area contributed by atoms with Crippen LogP contribution in [-0.4, -0.2) is 25.1 Å². The molecular formula is C15H22N2O2. The van der Waals surface area contributed by atoms with Crippen molar-refractivity contribution in [1.82, 2.24) is 5.32 Å². The minimum absolute atomic E-state index is 0.0410. The van der Waals surface area contributed by atoms with E-state index in [9.17, 15) is 4.79 Å². The summed E-state index contributed by atoms with van der Waals surface area (Å²) in [6.45, 7) is 5.69. The van der Waals surface area contributed by atoms with Gasteiger partial charge in [-0.2, -0.15) is 0 Å². The predicted octanol–water partition coefficient (Wildman–Crippen LogP) is 2.41. The second-order valence-electron chi connectivity index (χ2n) is 4.97. The van der Waals surface area contributed by atoms with Gasteiger partial charge in [0.1, 0.15) is 5.75 Å². The van der Waals surface area contributed by atoms with E-state index in [1.54, 1.807) is 0 Å². The van der Waals surface area contributed by atoms with Gasteiger partial charge in [-0.1, -0.05) is 19.1 Å². The molecule has 1 aliphatic rings. The van der Waals surface area contributed by atoms with Crippen LogP contribution in [0.25, 0.3) is 0 Å². The molecule has 19 heavy (non-hydrogen) atoms. The largest absolute Gasteiger partial charge is 0.491 e. The first-order chi connectivity index (χ1) is 9.22. The summed E-state index contributed by atoms with van der Waals surface area (Å²) in [6.07, 6.45) is 1.84. The molecule has 1 aromatic rings. The third-order valence-corrected chi connectivity index (χ3v) is 3.47. The molecule has 4 nitrogen and oxygen atoms in total. The van der Waals surface area contributed by atoms with Crippen molar-refractivity contribution >= 4 is 11.6 Å². The molecular weight excluding hydrogens is 240 g/mol. The zero-order valence-corrected chi connectivity index (χ0v) is 11.6. The fourth-order valence-corrected chi connectivity index (χ4v) is 2.35. The summed E-state index contributed by atoms with van der Waals surface area (Å²) in [5.74, 6) is 0.862. The van der Waals surface area contributed by atoms with Crippen molar-refractivity contribution in [3.8, 4) is 5.75 Å². The minimum Gasteiger partial charge on any atom is -0.491 e. The Balaban J connectivity index is 2.03. The maximum atomic E-state index is 12.2. The van der Waals surface area contributed by atoms with Gasteiger partial charge in [0, 0.05) is 6.04 Å². The lowest BCUT2D eigenvalue weighted by Gasteiger charge is -2.17. The molecule has 4 heteroatoms. The van der Waals surface area contributed by atoms with Gasteiger partial charge >= 0.3 is 0 Å². The Bertz CT molecular complexity index is 434.